The van der Waals surface area contributed by atoms with E-state index < -0.39 is 0 Å². The highest BCUT2D eigenvalue weighted by Crippen LogP contribution is 2.34. The van der Waals surface area contributed by atoms with Crippen molar-refractivity contribution in [1.29, 1.82) is 0 Å². The number of thiophene rings is 1. The normalized spacial score (nSPS) is 10.9. The molecular weight excluding hydrogens is 254 g/mol. The fourth-order valence-electron chi connectivity index (χ4n) is 2.15. The van der Waals surface area contributed by atoms with Crippen LogP contribution in [0.4, 0.5) is 5.82 Å². The molecule has 4 heteroatoms. The molecule has 0 bridgehead atoms. The van der Waals surface area contributed by atoms with Crippen LogP contribution in [0.3, 0.4) is 0 Å². The predicted molar refractivity (Wildman–Crippen MR) is 81.9 cm³/mol. The van der Waals surface area contributed by atoms with Gasteiger partial charge in [-0.05, 0) is 19.4 Å². The summed E-state index contributed by atoms with van der Waals surface area (Å²) >= 11 is 1.73. The lowest BCUT2D eigenvalue weighted by Gasteiger charge is -2.06. The summed E-state index contributed by atoms with van der Waals surface area (Å²) in [6.45, 7) is 4.25. The molecule has 0 saturated carbocycles. The minimum Gasteiger partial charge on any atom is -0.372 e. The van der Waals surface area contributed by atoms with Gasteiger partial charge in [0.1, 0.15) is 10.6 Å². The number of aryl methyl sites for hydroxylation is 2. The zero-order valence-electron chi connectivity index (χ0n) is 11.2. The lowest BCUT2D eigenvalue weighted by molar-refractivity contribution is 1.22. The molecule has 0 aliphatic carbocycles. The first-order chi connectivity index (χ1) is 9.20. The largest absolute Gasteiger partial charge is 0.372 e. The third-order valence-electron chi connectivity index (χ3n) is 3.30. The molecule has 2 heterocycles. The molecule has 1 aromatic carbocycles. The zero-order valence-corrected chi connectivity index (χ0v) is 12.0. The highest BCUT2D eigenvalue weighted by molar-refractivity contribution is 7.18. The van der Waals surface area contributed by atoms with E-state index in [1.54, 1.807) is 11.3 Å². The Morgan fingerprint density at radius 2 is 1.79 bits per heavy atom. The molecule has 3 nitrogen and oxygen atoms in total. The maximum atomic E-state index is 4.70. The van der Waals surface area contributed by atoms with Gasteiger partial charge in [0.2, 0.25) is 0 Å². The quantitative estimate of drug-likeness (QED) is 0.763. The van der Waals surface area contributed by atoms with Crippen molar-refractivity contribution in [3.05, 3.63) is 40.8 Å². The summed E-state index contributed by atoms with van der Waals surface area (Å²) in [5, 5.41) is 4.33. The number of aromatic nitrogens is 2. The van der Waals surface area contributed by atoms with Gasteiger partial charge in [-0.25, -0.2) is 9.97 Å². The van der Waals surface area contributed by atoms with Crippen LogP contribution < -0.4 is 5.32 Å². The van der Waals surface area contributed by atoms with E-state index in [0.717, 1.165) is 27.4 Å². The zero-order chi connectivity index (χ0) is 13.4. The van der Waals surface area contributed by atoms with Gasteiger partial charge in [-0.15, -0.1) is 11.3 Å². The summed E-state index contributed by atoms with van der Waals surface area (Å²) in [5.74, 6) is 1.68. The lowest BCUT2D eigenvalue weighted by Crippen LogP contribution is -1.97. The second-order valence-corrected chi connectivity index (χ2v) is 5.68. The number of hydrogen-bond donors (Lipinski definition) is 1. The standard InChI is InChI=1S/C15H15N3S/c1-9-10(2)19-15-12(9)14(16-3)17-13(18-15)11-7-5-4-6-8-11/h4-8H,1-3H3,(H,16,17,18). The molecule has 3 rings (SSSR count). The first-order valence-corrected chi connectivity index (χ1v) is 7.03. The highest BCUT2D eigenvalue weighted by Gasteiger charge is 2.14. The van der Waals surface area contributed by atoms with Gasteiger partial charge in [0.05, 0.1) is 5.39 Å². The van der Waals surface area contributed by atoms with E-state index in [4.69, 9.17) is 4.98 Å². The van der Waals surface area contributed by atoms with E-state index >= 15 is 0 Å². The molecule has 0 amide bonds. The predicted octanol–water partition coefficient (Wildman–Crippen LogP) is 4.02. The van der Waals surface area contributed by atoms with Gasteiger partial charge < -0.3 is 5.32 Å². The third-order valence-corrected chi connectivity index (χ3v) is 4.40. The molecule has 0 radical (unpaired) electrons. The van der Waals surface area contributed by atoms with Crippen LogP contribution in [-0.4, -0.2) is 17.0 Å². The monoisotopic (exact) mass is 269 g/mol. The van der Waals surface area contributed by atoms with E-state index in [1.807, 2.05) is 37.4 Å². The van der Waals surface area contributed by atoms with E-state index in [-0.39, 0.29) is 0 Å². The van der Waals surface area contributed by atoms with Gasteiger partial charge in [-0.3, -0.25) is 0 Å². The van der Waals surface area contributed by atoms with Crippen molar-refractivity contribution in [2.45, 2.75) is 13.8 Å². The number of benzene rings is 1. The molecule has 96 valence electrons. The maximum absolute atomic E-state index is 4.70. The molecular formula is C15H15N3S. The highest BCUT2D eigenvalue weighted by atomic mass is 32.1. The summed E-state index contributed by atoms with van der Waals surface area (Å²) in [6, 6.07) is 10.1. The van der Waals surface area contributed by atoms with E-state index in [1.165, 1.54) is 10.4 Å². The molecule has 1 N–H and O–H groups in total. The number of nitrogens with zero attached hydrogens (tertiary/aromatic N) is 2. The Bertz CT molecular complexity index is 732. The van der Waals surface area contributed by atoms with Gasteiger partial charge in [-0.1, -0.05) is 30.3 Å². The number of hydrogen-bond acceptors (Lipinski definition) is 4. The Hall–Kier alpha value is -1.94. The van der Waals surface area contributed by atoms with Gasteiger partial charge in [0, 0.05) is 17.5 Å². The second-order valence-electron chi connectivity index (χ2n) is 4.48. The third kappa shape index (κ3) is 1.98. The van der Waals surface area contributed by atoms with Crippen LogP contribution in [0.25, 0.3) is 21.6 Å². The Morgan fingerprint density at radius 3 is 2.47 bits per heavy atom. The molecule has 0 aliphatic heterocycles. The second kappa shape index (κ2) is 4.63. The van der Waals surface area contributed by atoms with E-state index in [2.05, 4.69) is 24.1 Å². The molecule has 2 aromatic heterocycles. The molecule has 0 atom stereocenters. The Kier molecular flexibility index (Phi) is 2.95. The van der Waals surface area contributed by atoms with Crippen LogP contribution in [0, 0.1) is 13.8 Å². The lowest BCUT2D eigenvalue weighted by atomic mass is 10.2. The molecule has 0 unspecified atom stereocenters. The van der Waals surface area contributed by atoms with Crippen LogP contribution >= 0.6 is 11.3 Å². The van der Waals surface area contributed by atoms with Crippen LogP contribution in [0.15, 0.2) is 30.3 Å². The summed E-state index contributed by atoms with van der Waals surface area (Å²) in [5.41, 5.74) is 2.31. The van der Waals surface area contributed by atoms with Gasteiger partial charge in [0.25, 0.3) is 0 Å². The van der Waals surface area contributed by atoms with E-state index in [9.17, 15) is 0 Å². The topological polar surface area (TPSA) is 37.8 Å². The number of fused-ring (bicyclic) bond motifs is 1. The SMILES string of the molecule is CNc1nc(-c2ccccc2)nc2sc(C)c(C)c12. The average Bonchev–Trinajstić information content (AvgIpc) is 2.74. The number of anilines is 1. The summed E-state index contributed by atoms with van der Waals surface area (Å²) in [7, 11) is 1.91. The van der Waals surface area contributed by atoms with Gasteiger partial charge in [-0.2, -0.15) is 0 Å². The molecule has 19 heavy (non-hydrogen) atoms. The van der Waals surface area contributed by atoms with Crippen LogP contribution in [0.5, 0.6) is 0 Å². The van der Waals surface area contributed by atoms with Gasteiger partial charge in [0.15, 0.2) is 5.82 Å². The Morgan fingerprint density at radius 1 is 1.05 bits per heavy atom. The summed E-state index contributed by atoms with van der Waals surface area (Å²) < 4.78 is 0. The van der Waals surface area contributed by atoms with Gasteiger partial charge >= 0.3 is 0 Å². The van der Waals surface area contributed by atoms with Crippen molar-refractivity contribution >= 4 is 27.4 Å². The molecule has 0 aliphatic rings. The Labute approximate surface area is 116 Å². The molecule has 0 fully saturated rings. The van der Waals surface area contributed by atoms with E-state index in [0.29, 0.717) is 0 Å². The summed E-state index contributed by atoms with van der Waals surface area (Å²) in [4.78, 5) is 11.7. The van der Waals surface area contributed by atoms with Crippen LogP contribution in [0.2, 0.25) is 0 Å². The molecule has 0 saturated heterocycles. The fourth-order valence-corrected chi connectivity index (χ4v) is 3.18. The summed E-state index contributed by atoms with van der Waals surface area (Å²) in [6.07, 6.45) is 0. The first kappa shape index (κ1) is 12.1. The minimum absolute atomic E-state index is 0.777. The smallest absolute Gasteiger partial charge is 0.163 e. The number of rotatable bonds is 2. The van der Waals surface area contributed by atoms with Crippen LogP contribution in [0.1, 0.15) is 10.4 Å². The van der Waals surface area contributed by atoms with Crippen molar-refractivity contribution in [2.24, 2.45) is 0 Å². The van der Waals surface area contributed by atoms with Crippen molar-refractivity contribution in [3.63, 3.8) is 0 Å². The van der Waals surface area contributed by atoms with Crippen molar-refractivity contribution < 1.29 is 0 Å². The van der Waals surface area contributed by atoms with Crippen molar-refractivity contribution in [1.82, 2.24) is 9.97 Å². The number of nitrogens with one attached hydrogen (secondary N) is 1. The fraction of sp³-hybridized carbons (Fsp3) is 0.200. The Balaban J connectivity index is 2.29. The molecule has 3 aromatic rings. The first-order valence-electron chi connectivity index (χ1n) is 6.21. The minimum atomic E-state index is 0.777. The van der Waals surface area contributed by atoms with Crippen molar-refractivity contribution in [3.8, 4) is 11.4 Å². The maximum Gasteiger partial charge on any atom is 0.163 e. The van der Waals surface area contributed by atoms with Crippen molar-refractivity contribution in [2.75, 3.05) is 12.4 Å². The average molecular weight is 269 g/mol. The molecule has 0 spiro atoms. The van der Waals surface area contributed by atoms with Crippen LogP contribution in [-0.2, 0) is 0 Å².